The molecule has 0 aliphatic carbocycles. The lowest BCUT2D eigenvalue weighted by molar-refractivity contribution is -0.123. The Balaban J connectivity index is 2.50. The van der Waals surface area contributed by atoms with Gasteiger partial charge in [0.2, 0.25) is 0 Å². The molecule has 0 saturated carbocycles. The van der Waals surface area contributed by atoms with E-state index in [-0.39, 0.29) is 23.8 Å². The fourth-order valence-electron chi connectivity index (χ4n) is 1.45. The van der Waals surface area contributed by atoms with E-state index in [4.69, 9.17) is 4.74 Å². The van der Waals surface area contributed by atoms with Gasteiger partial charge in [-0.1, -0.05) is 13.8 Å². The van der Waals surface area contributed by atoms with Gasteiger partial charge in [0.25, 0.3) is 5.91 Å². The highest BCUT2D eigenvalue weighted by Gasteiger charge is 2.10. The van der Waals surface area contributed by atoms with Crippen molar-refractivity contribution in [1.29, 1.82) is 0 Å². The topological polar surface area (TPSA) is 58.6 Å². The number of hydrogen-bond acceptors (Lipinski definition) is 3. The monoisotopic (exact) mass is 269 g/mol. The highest BCUT2D eigenvalue weighted by atomic mass is 19.1. The van der Waals surface area contributed by atoms with Crippen LogP contribution in [0, 0.1) is 11.7 Å². The van der Waals surface area contributed by atoms with Crippen LogP contribution in [0.25, 0.3) is 0 Å². The Kier molecular flexibility index (Phi) is 5.76. The third-order valence-electron chi connectivity index (χ3n) is 2.50. The molecule has 0 radical (unpaired) electrons. The van der Waals surface area contributed by atoms with Crippen molar-refractivity contribution < 1.29 is 19.0 Å². The molecule has 4 nitrogen and oxygen atoms in total. The van der Waals surface area contributed by atoms with E-state index < -0.39 is 11.9 Å². The molecule has 1 aromatic carbocycles. The van der Waals surface area contributed by atoms with Crippen LogP contribution in [-0.4, -0.2) is 24.2 Å². The van der Waals surface area contributed by atoms with Crippen LogP contribution in [0.15, 0.2) is 18.2 Å². The van der Waals surface area contributed by atoms with Crippen molar-refractivity contribution in [2.75, 3.05) is 13.2 Å². The van der Waals surface area contributed by atoms with Crippen LogP contribution in [0.4, 0.5) is 4.39 Å². The highest BCUT2D eigenvalue weighted by Crippen LogP contribution is 2.21. The average Bonchev–Trinajstić information content (AvgIpc) is 2.33. The van der Waals surface area contributed by atoms with E-state index in [2.05, 4.69) is 5.32 Å². The van der Waals surface area contributed by atoms with Gasteiger partial charge in [0.05, 0.1) is 6.10 Å². The summed E-state index contributed by atoms with van der Waals surface area (Å²) in [6.45, 7) is 5.90. The molecule has 5 heteroatoms. The lowest BCUT2D eigenvalue weighted by Crippen LogP contribution is -2.31. The molecule has 0 spiro atoms. The number of amides is 1. The van der Waals surface area contributed by atoms with Gasteiger partial charge in [-0.15, -0.1) is 0 Å². The number of nitrogens with one attached hydrogen (secondary N) is 1. The van der Waals surface area contributed by atoms with E-state index in [0.717, 1.165) is 6.07 Å². The fraction of sp³-hybridized carbons (Fsp3) is 0.500. The third kappa shape index (κ3) is 5.26. The lowest BCUT2D eigenvalue weighted by atomic mass is 10.1. The number of carbonyl (C=O) groups is 1. The van der Waals surface area contributed by atoms with Crippen LogP contribution in [0.5, 0.6) is 5.75 Å². The predicted molar refractivity (Wildman–Crippen MR) is 70.4 cm³/mol. The second-order valence-electron chi connectivity index (χ2n) is 4.85. The molecule has 0 aromatic heterocycles. The van der Waals surface area contributed by atoms with Crippen molar-refractivity contribution in [3.05, 3.63) is 29.6 Å². The molecule has 1 rings (SSSR count). The molecule has 0 aliphatic heterocycles. The van der Waals surface area contributed by atoms with Crippen LogP contribution in [0.3, 0.4) is 0 Å². The predicted octanol–water partition coefficient (Wildman–Crippen LogP) is 2.03. The SMILES string of the molecule is CC(C)CNC(=O)COc1ccc(C(C)O)c(F)c1. The maximum absolute atomic E-state index is 13.5. The van der Waals surface area contributed by atoms with Crippen LogP contribution in [0.2, 0.25) is 0 Å². The van der Waals surface area contributed by atoms with Crippen LogP contribution >= 0.6 is 0 Å². The number of ether oxygens (including phenoxy) is 1. The van der Waals surface area contributed by atoms with Gasteiger partial charge in [0.1, 0.15) is 11.6 Å². The number of benzene rings is 1. The van der Waals surface area contributed by atoms with E-state index in [9.17, 15) is 14.3 Å². The molecule has 2 N–H and O–H groups in total. The first kappa shape index (κ1) is 15.4. The molecular formula is C14H20FNO3. The molecule has 0 bridgehead atoms. The Morgan fingerprint density at radius 3 is 2.63 bits per heavy atom. The summed E-state index contributed by atoms with van der Waals surface area (Å²) in [6, 6.07) is 4.14. The molecule has 0 heterocycles. The minimum absolute atomic E-state index is 0.153. The maximum Gasteiger partial charge on any atom is 0.257 e. The van der Waals surface area contributed by atoms with Crippen LogP contribution in [-0.2, 0) is 4.79 Å². The average molecular weight is 269 g/mol. The number of carbonyl (C=O) groups excluding carboxylic acids is 1. The van der Waals surface area contributed by atoms with Gasteiger partial charge in [0, 0.05) is 18.2 Å². The molecule has 1 atom stereocenters. The summed E-state index contributed by atoms with van der Waals surface area (Å²) >= 11 is 0. The Bertz CT molecular complexity index is 433. The van der Waals surface area contributed by atoms with E-state index in [0.29, 0.717) is 12.5 Å². The van der Waals surface area contributed by atoms with E-state index in [1.807, 2.05) is 13.8 Å². The van der Waals surface area contributed by atoms with Crippen molar-refractivity contribution in [3.8, 4) is 5.75 Å². The van der Waals surface area contributed by atoms with E-state index in [1.165, 1.54) is 19.1 Å². The van der Waals surface area contributed by atoms with Gasteiger partial charge in [0.15, 0.2) is 6.61 Å². The zero-order chi connectivity index (χ0) is 14.4. The van der Waals surface area contributed by atoms with Gasteiger partial charge >= 0.3 is 0 Å². The van der Waals surface area contributed by atoms with Gasteiger partial charge < -0.3 is 15.2 Å². The minimum atomic E-state index is -0.872. The largest absolute Gasteiger partial charge is 0.484 e. The summed E-state index contributed by atoms with van der Waals surface area (Å²) in [7, 11) is 0. The zero-order valence-electron chi connectivity index (χ0n) is 11.4. The normalized spacial score (nSPS) is 12.3. The van der Waals surface area contributed by atoms with Gasteiger partial charge in [-0.2, -0.15) is 0 Å². The number of aliphatic hydroxyl groups excluding tert-OH is 1. The summed E-state index contributed by atoms with van der Waals surface area (Å²) < 4.78 is 18.7. The van der Waals surface area contributed by atoms with Crippen molar-refractivity contribution in [3.63, 3.8) is 0 Å². The van der Waals surface area contributed by atoms with Gasteiger partial charge in [-0.25, -0.2) is 4.39 Å². The summed E-state index contributed by atoms with van der Waals surface area (Å²) in [6.07, 6.45) is -0.872. The molecule has 0 aliphatic rings. The van der Waals surface area contributed by atoms with Gasteiger partial charge in [-0.05, 0) is 25.0 Å². The molecule has 0 fully saturated rings. The second kappa shape index (κ2) is 7.09. The highest BCUT2D eigenvalue weighted by molar-refractivity contribution is 5.77. The first-order chi connectivity index (χ1) is 8.90. The number of aliphatic hydroxyl groups is 1. The maximum atomic E-state index is 13.5. The van der Waals surface area contributed by atoms with Crippen molar-refractivity contribution in [2.45, 2.75) is 26.9 Å². The first-order valence-corrected chi connectivity index (χ1v) is 6.27. The molecule has 1 amide bonds. The fourth-order valence-corrected chi connectivity index (χ4v) is 1.45. The van der Waals surface area contributed by atoms with Crippen molar-refractivity contribution in [1.82, 2.24) is 5.32 Å². The van der Waals surface area contributed by atoms with Crippen molar-refractivity contribution >= 4 is 5.91 Å². The summed E-state index contributed by atoms with van der Waals surface area (Å²) in [5.74, 6) is -0.155. The molecule has 106 valence electrons. The standard InChI is InChI=1S/C14H20FNO3/c1-9(2)7-16-14(18)8-19-11-4-5-12(10(3)17)13(15)6-11/h4-6,9-10,17H,7-8H2,1-3H3,(H,16,18). The molecule has 0 saturated heterocycles. The van der Waals surface area contributed by atoms with Gasteiger partial charge in [-0.3, -0.25) is 4.79 Å². The Morgan fingerprint density at radius 2 is 2.11 bits per heavy atom. The lowest BCUT2D eigenvalue weighted by Gasteiger charge is -2.11. The Hall–Kier alpha value is -1.62. The number of halogens is 1. The quantitative estimate of drug-likeness (QED) is 0.830. The Labute approximate surface area is 112 Å². The number of rotatable bonds is 6. The third-order valence-corrected chi connectivity index (χ3v) is 2.50. The molecule has 1 aromatic rings. The van der Waals surface area contributed by atoms with Crippen molar-refractivity contribution in [2.24, 2.45) is 5.92 Å². The van der Waals surface area contributed by atoms with Crippen LogP contribution in [0.1, 0.15) is 32.4 Å². The summed E-state index contributed by atoms with van der Waals surface area (Å²) in [4.78, 5) is 11.4. The molecule has 19 heavy (non-hydrogen) atoms. The minimum Gasteiger partial charge on any atom is -0.484 e. The first-order valence-electron chi connectivity index (χ1n) is 6.27. The summed E-state index contributed by atoms with van der Waals surface area (Å²) in [5, 5.41) is 12.0. The Morgan fingerprint density at radius 1 is 1.42 bits per heavy atom. The second-order valence-corrected chi connectivity index (χ2v) is 4.85. The van der Waals surface area contributed by atoms with E-state index in [1.54, 1.807) is 0 Å². The van der Waals surface area contributed by atoms with Crippen LogP contribution < -0.4 is 10.1 Å². The summed E-state index contributed by atoms with van der Waals surface area (Å²) in [5.41, 5.74) is 0.205. The van der Waals surface area contributed by atoms with E-state index >= 15 is 0 Å². The smallest absolute Gasteiger partial charge is 0.257 e. The molecular weight excluding hydrogens is 249 g/mol. The zero-order valence-corrected chi connectivity index (χ0v) is 11.4. The number of hydrogen-bond donors (Lipinski definition) is 2. The molecule has 1 unspecified atom stereocenters.